The summed E-state index contributed by atoms with van der Waals surface area (Å²) in [6.07, 6.45) is 4.65. The van der Waals surface area contributed by atoms with Crippen LogP contribution in [0.5, 0.6) is 0 Å². The highest BCUT2D eigenvalue weighted by atomic mass is 32.2. The molecule has 12 heavy (non-hydrogen) atoms. The zero-order valence-corrected chi connectivity index (χ0v) is 7.73. The van der Waals surface area contributed by atoms with Gasteiger partial charge in [0.25, 0.3) is 0 Å². The minimum atomic E-state index is 0.566. The van der Waals surface area contributed by atoms with Crippen LogP contribution >= 0.6 is 11.8 Å². The molecular weight excluding hydrogens is 170 g/mol. The SMILES string of the molecule is CCCSc1ncccc1[C]=O. The average molecular weight is 180 g/mol. The van der Waals surface area contributed by atoms with Crippen LogP contribution in [0.2, 0.25) is 0 Å². The lowest BCUT2D eigenvalue weighted by Gasteiger charge is -1.99. The summed E-state index contributed by atoms with van der Waals surface area (Å²) in [7, 11) is 0. The standard InChI is InChI=1S/C9H10NOS/c1-2-6-12-9-8(7-11)4-3-5-10-9/h3-5H,2,6H2,1H3. The fraction of sp³-hybridized carbons (Fsp3) is 0.333. The third-order valence-electron chi connectivity index (χ3n) is 1.32. The minimum Gasteiger partial charge on any atom is -0.285 e. The first-order valence-corrected chi connectivity index (χ1v) is 4.83. The summed E-state index contributed by atoms with van der Waals surface area (Å²) < 4.78 is 0. The molecule has 0 aromatic carbocycles. The van der Waals surface area contributed by atoms with Crippen molar-refractivity contribution in [3.8, 4) is 0 Å². The van der Waals surface area contributed by atoms with E-state index in [0.29, 0.717) is 5.56 Å². The van der Waals surface area contributed by atoms with Crippen molar-refractivity contribution in [1.29, 1.82) is 0 Å². The summed E-state index contributed by atoms with van der Waals surface area (Å²) in [6.45, 7) is 2.10. The fourth-order valence-corrected chi connectivity index (χ4v) is 1.58. The molecule has 0 unspecified atom stereocenters. The van der Waals surface area contributed by atoms with E-state index in [1.807, 2.05) is 6.29 Å². The van der Waals surface area contributed by atoms with Gasteiger partial charge in [-0.05, 0) is 24.3 Å². The molecule has 63 valence electrons. The molecule has 0 spiro atoms. The van der Waals surface area contributed by atoms with Gasteiger partial charge in [0.1, 0.15) is 5.03 Å². The molecule has 0 fully saturated rings. The van der Waals surface area contributed by atoms with Gasteiger partial charge in [-0.25, -0.2) is 4.98 Å². The third-order valence-corrected chi connectivity index (χ3v) is 2.54. The Kier molecular flexibility index (Phi) is 3.80. The molecule has 2 nitrogen and oxygen atoms in total. The number of aromatic nitrogens is 1. The summed E-state index contributed by atoms with van der Waals surface area (Å²) in [4.78, 5) is 14.5. The largest absolute Gasteiger partial charge is 0.285 e. The zero-order valence-electron chi connectivity index (χ0n) is 6.91. The highest BCUT2D eigenvalue weighted by molar-refractivity contribution is 7.99. The predicted octanol–water partition coefficient (Wildman–Crippen LogP) is 2.04. The smallest absolute Gasteiger partial charge is 0.236 e. The molecule has 0 amide bonds. The van der Waals surface area contributed by atoms with Gasteiger partial charge in [0.15, 0.2) is 0 Å². The van der Waals surface area contributed by atoms with Crippen molar-refractivity contribution in [2.45, 2.75) is 18.4 Å². The molecule has 1 rings (SSSR count). The van der Waals surface area contributed by atoms with Crippen molar-refractivity contribution in [2.75, 3.05) is 5.75 Å². The Morgan fingerprint density at radius 1 is 1.67 bits per heavy atom. The van der Waals surface area contributed by atoms with Gasteiger partial charge in [-0.15, -0.1) is 11.8 Å². The molecule has 0 atom stereocenters. The highest BCUT2D eigenvalue weighted by Gasteiger charge is 2.01. The van der Waals surface area contributed by atoms with Gasteiger partial charge in [0.05, 0.1) is 5.56 Å². The van der Waals surface area contributed by atoms with Crippen LogP contribution in [0.15, 0.2) is 23.4 Å². The zero-order chi connectivity index (χ0) is 8.81. The summed E-state index contributed by atoms with van der Waals surface area (Å²) in [5, 5.41) is 0.786. The first-order valence-electron chi connectivity index (χ1n) is 3.84. The topological polar surface area (TPSA) is 30.0 Å². The molecule has 1 radical (unpaired) electrons. The monoisotopic (exact) mass is 180 g/mol. The summed E-state index contributed by atoms with van der Waals surface area (Å²) in [5.74, 6) is 0.992. The van der Waals surface area contributed by atoms with Gasteiger partial charge in [-0.1, -0.05) is 6.92 Å². The Bertz CT molecular complexity index is 262. The Hall–Kier alpha value is -0.830. The lowest BCUT2D eigenvalue weighted by atomic mass is 10.3. The number of pyridine rings is 1. The Morgan fingerprint density at radius 3 is 3.17 bits per heavy atom. The number of rotatable bonds is 4. The van der Waals surface area contributed by atoms with Crippen LogP contribution in [-0.2, 0) is 4.79 Å². The first-order chi connectivity index (χ1) is 5.88. The molecule has 1 aromatic heterocycles. The van der Waals surface area contributed by atoms with Crippen molar-refractivity contribution < 1.29 is 4.79 Å². The van der Waals surface area contributed by atoms with Crippen LogP contribution in [0.25, 0.3) is 0 Å². The maximum Gasteiger partial charge on any atom is 0.236 e. The van der Waals surface area contributed by atoms with E-state index in [1.54, 1.807) is 30.1 Å². The van der Waals surface area contributed by atoms with E-state index in [9.17, 15) is 4.79 Å². The second-order valence-corrected chi connectivity index (χ2v) is 3.39. The van der Waals surface area contributed by atoms with Gasteiger partial charge in [0.2, 0.25) is 6.29 Å². The first kappa shape index (κ1) is 9.26. The Labute approximate surface area is 76.4 Å². The third kappa shape index (κ3) is 2.34. The second kappa shape index (κ2) is 4.93. The van der Waals surface area contributed by atoms with Crippen LogP contribution in [0.1, 0.15) is 18.9 Å². The molecule has 0 aliphatic rings. The van der Waals surface area contributed by atoms with E-state index in [4.69, 9.17) is 0 Å². The van der Waals surface area contributed by atoms with E-state index in [-0.39, 0.29) is 0 Å². The lowest BCUT2D eigenvalue weighted by Crippen LogP contribution is -1.89. The van der Waals surface area contributed by atoms with E-state index in [1.165, 1.54) is 0 Å². The van der Waals surface area contributed by atoms with Gasteiger partial charge < -0.3 is 0 Å². The Balaban J connectivity index is 2.75. The van der Waals surface area contributed by atoms with Crippen LogP contribution in [0.3, 0.4) is 0 Å². The van der Waals surface area contributed by atoms with Crippen molar-refractivity contribution in [1.82, 2.24) is 4.98 Å². The van der Waals surface area contributed by atoms with Crippen molar-refractivity contribution in [2.24, 2.45) is 0 Å². The normalized spacial score (nSPS) is 9.75. The summed E-state index contributed by atoms with van der Waals surface area (Å²) in [5.41, 5.74) is 0.566. The fourth-order valence-electron chi connectivity index (χ4n) is 0.782. The number of hydrogen-bond donors (Lipinski definition) is 0. The minimum absolute atomic E-state index is 0.566. The molecule has 0 N–H and O–H groups in total. The van der Waals surface area contributed by atoms with Crippen LogP contribution in [0, 0.1) is 0 Å². The van der Waals surface area contributed by atoms with E-state index in [2.05, 4.69) is 11.9 Å². The molecule has 0 bridgehead atoms. The number of thioether (sulfide) groups is 1. The van der Waals surface area contributed by atoms with E-state index in [0.717, 1.165) is 17.2 Å². The second-order valence-electron chi connectivity index (χ2n) is 2.31. The molecule has 1 aromatic rings. The Morgan fingerprint density at radius 2 is 2.50 bits per heavy atom. The van der Waals surface area contributed by atoms with Crippen molar-refractivity contribution in [3.05, 3.63) is 23.9 Å². The molecule has 0 saturated heterocycles. The van der Waals surface area contributed by atoms with Crippen LogP contribution in [-0.4, -0.2) is 17.0 Å². The molecular formula is C9H10NOS. The van der Waals surface area contributed by atoms with E-state index < -0.39 is 0 Å². The van der Waals surface area contributed by atoms with Gasteiger partial charge in [0, 0.05) is 6.20 Å². The van der Waals surface area contributed by atoms with Gasteiger partial charge >= 0.3 is 0 Å². The molecule has 0 aliphatic heterocycles. The van der Waals surface area contributed by atoms with Gasteiger partial charge in [-0.2, -0.15) is 0 Å². The van der Waals surface area contributed by atoms with Crippen LogP contribution < -0.4 is 0 Å². The van der Waals surface area contributed by atoms with E-state index >= 15 is 0 Å². The lowest BCUT2D eigenvalue weighted by molar-refractivity contribution is 0.561. The van der Waals surface area contributed by atoms with Crippen molar-refractivity contribution in [3.63, 3.8) is 0 Å². The number of hydrogen-bond acceptors (Lipinski definition) is 3. The quantitative estimate of drug-likeness (QED) is 0.664. The highest BCUT2D eigenvalue weighted by Crippen LogP contribution is 2.18. The molecule has 0 saturated carbocycles. The molecule has 0 aliphatic carbocycles. The number of nitrogens with zero attached hydrogens (tertiary/aromatic N) is 1. The molecule has 3 heteroatoms. The van der Waals surface area contributed by atoms with Crippen LogP contribution in [0.4, 0.5) is 0 Å². The maximum absolute atomic E-state index is 10.4. The van der Waals surface area contributed by atoms with Gasteiger partial charge in [-0.3, -0.25) is 4.79 Å². The summed E-state index contributed by atoms with van der Waals surface area (Å²) in [6, 6.07) is 3.48. The molecule has 1 heterocycles. The number of carbonyl (C=O) groups excluding carboxylic acids is 1. The maximum atomic E-state index is 10.4. The van der Waals surface area contributed by atoms with Crippen molar-refractivity contribution >= 4 is 18.0 Å². The summed E-state index contributed by atoms with van der Waals surface area (Å²) >= 11 is 1.60. The average Bonchev–Trinajstić information content (AvgIpc) is 2.15. The predicted molar refractivity (Wildman–Crippen MR) is 50.0 cm³/mol.